The molecule has 0 atom stereocenters. The third-order valence-corrected chi connectivity index (χ3v) is 3.02. The van der Waals surface area contributed by atoms with E-state index >= 15 is 0 Å². The van der Waals surface area contributed by atoms with Crippen LogP contribution in [0.3, 0.4) is 0 Å². The molecule has 0 spiro atoms. The number of nitro groups is 1. The minimum absolute atomic E-state index is 0.0484. The number of hydrogen-bond donors (Lipinski definition) is 1. The maximum absolute atomic E-state index is 13.8. The summed E-state index contributed by atoms with van der Waals surface area (Å²) in [5, 5.41) is 13.3. The summed E-state index contributed by atoms with van der Waals surface area (Å²) in [5.41, 5.74) is 0.0609. The Kier molecular flexibility index (Phi) is 4.36. The van der Waals surface area contributed by atoms with Gasteiger partial charge in [0.05, 0.1) is 17.7 Å². The van der Waals surface area contributed by atoms with Gasteiger partial charge in [-0.05, 0) is 36.8 Å². The molecule has 1 amide bonds. The first-order chi connectivity index (χ1) is 10.4. The van der Waals surface area contributed by atoms with Crippen LogP contribution in [-0.4, -0.2) is 17.9 Å². The van der Waals surface area contributed by atoms with Crippen molar-refractivity contribution in [2.75, 3.05) is 12.4 Å². The molecule has 0 aliphatic carbocycles. The van der Waals surface area contributed by atoms with Gasteiger partial charge >= 0.3 is 0 Å². The number of halogens is 1. The highest BCUT2D eigenvalue weighted by Crippen LogP contribution is 2.25. The topological polar surface area (TPSA) is 81.5 Å². The number of ether oxygens (including phenoxy) is 1. The standard InChI is InChI=1S/C15H13FN2O4/c1-9-3-5-13(12(16)7-9)17-15(19)11-8-10(22-2)4-6-14(11)18(20)21/h3-8H,1-2H3,(H,17,19). The highest BCUT2D eigenvalue weighted by Gasteiger charge is 2.22. The van der Waals surface area contributed by atoms with E-state index in [2.05, 4.69) is 5.32 Å². The Morgan fingerprint density at radius 3 is 2.59 bits per heavy atom. The lowest BCUT2D eigenvalue weighted by Gasteiger charge is -2.08. The number of hydrogen-bond acceptors (Lipinski definition) is 4. The van der Waals surface area contributed by atoms with Crippen molar-refractivity contribution < 1.29 is 18.8 Å². The van der Waals surface area contributed by atoms with Gasteiger partial charge in [0.2, 0.25) is 0 Å². The molecule has 0 heterocycles. The zero-order valence-corrected chi connectivity index (χ0v) is 11.9. The average Bonchev–Trinajstić information content (AvgIpc) is 2.49. The van der Waals surface area contributed by atoms with Crippen LogP contribution in [0.5, 0.6) is 5.75 Å². The van der Waals surface area contributed by atoms with Gasteiger partial charge in [-0.2, -0.15) is 0 Å². The fourth-order valence-electron chi connectivity index (χ4n) is 1.89. The van der Waals surface area contributed by atoms with Crippen LogP contribution in [0, 0.1) is 22.9 Å². The van der Waals surface area contributed by atoms with Crippen molar-refractivity contribution in [3.63, 3.8) is 0 Å². The molecule has 0 aliphatic heterocycles. The Labute approximate surface area is 125 Å². The zero-order valence-electron chi connectivity index (χ0n) is 11.9. The van der Waals surface area contributed by atoms with Gasteiger partial charge in [0.15, 0.2) is 0 Å². The van der Waals surface area contributed by atoms with E-state index < -0.39 is 16.6 Å². The van der Waals surface area contributed by atoms with E-state index in [0.29, 0.717) is 11.3 Å². The van der Waals surface area contributed by atoms with Gasteiger partial charge in [-0.25, -0.2) is 4.39 Å². The summed E-state index contributed by atoms with van der Waals surface area (Å²) in [6.07, 6.45) is 0. The fraction of sp³-hybridized carbons (Fsp3) is 0.133. The lowest BCUT2D eigenvalue weighted by Crippen LogP contribution is -2.15. The number of rotatable bonds is 4. The van der Waals surface area contributed by atoms with Crippen LogP contribution in [0.15, 0.2) is 36.4 Å². The number of benzene rings is 2. The number of carbonyl (C=O) groups excluding carboxylic acids is 1. The summed E-state index contributed by atoms with van der Waals surface area (Å²) in [6, 6.07) is 8.06. The van der Waals surface area contributed by atoms with Gasteiger partial charge in [-0.3, -0.25) is 14.9 Å². The first-order valence-electron chi connectivity index (χ1n) is 6.32. The lowest BCUT2D eigenvalue weighted by atomic mass is 10.1. The first kappa shape index (κ1) is 15.4. The predicted octanol–water partition coefficient (Wildman–Crippen LogP) is 3.30. The molecule has 0 bridgehead atoms. The molecule has 0 radical (unpaired) electrons. The number of carbonyl (C=O) groups is 1. The Hall–Kier alpha value is -2.96. The van der Waals surface area contributed by atoms with E-state index in [1.165, 1.54) is 37.4 Å². The quantitative estimate of drug-likeness (QED) is 0.694. The molecule has 2 aromatic rings. The Balaban J connectivity index is 2.38. The molecule has 0 aliphatic rings. The van der Waals surface area contributed by atoms with Crippen LogP contribution in [0.1, 0.15) is 15.9 Å². The number of methoxy groups -OCH3 is 1. The summed E-state index contributed by atoms with van der Waals surface area (Å²) in [7, 11) is 1.38. The second-order valence-electron chi connectivity index (χ2n) is 4.58. The summed E-state index contributed by atoms with van der Waals surface area (Å²) < 4.78 is 18.7. The minimum Gasteiger partial charge on any atom is -0.497 e. The van der Waals surface area contributed by atoms with Crippen LogP contribution < -0.4 is 10.1 Å². The number of anilines is 1. The number of nitrogens with zero attached hydrogens (tertiary/aromatic N) is 1. The Morgan fingerprint density at radius 1 is 1.27 bits per heavy atom. The Bertz CT molecular complexity index is 746. The molecule has 114 valence electrons. The third-order valence-electron chi connectivity index (χ3n) is 3.02. The maximum atomic E-state index is 13.8. The SMILES string of the molecule is COc1ccc([N+](=O)[O-])c(C(=O)Nc2ccc(C)cc2F)c1. The van der Waals surface area contributed by atoms with Crippen molar-refractivity contribution in [1.29, 1.82) is 0 Å². The van der Waals surface area contributed by atoms with Crippen LogP contribution in [0.4, 0.5) is 15.8 Å². The van der Waals surface area contributed by atoms with Gasteiger partial charge in [0.1, 0.15) is 17.1 Å². The van der Waals surface area contributed by atoms with Crippen LogP contribution in [0.25, 0.3) is 0 Å². The molecule has 0 unspecified atom stereocenters. The molecule has 0 saturated carbocycles. The second kappa shape index (κ2) is 6.21. The molecule has 1 N–H and O–H groups in total. The molecular weight excluding hydrogens is 291 g/mol. The number of amides is 1. The van der Waals surface area contributed by atoms with Gasteiger partial charge < -0.3 is 10.1 Å². The molecule has 22 heavy (non-hydrogen) atoms. The van der Waals surface area contributed by atoms with E-state index in [4.69, 9.17) is 4.74 Å². The Morgan fingerprint density at radius 2 is 2.00 bits per heavy atom. The van der Waals surface area contributed by atoms with Crippen molar-refractivity contribution in [1.82, 2.24) is 0 Å². The smallest absolute Gasteiger partial charge is 0.282 e. The average molecular weight is 304 g/mol. The lowest BCUT2D eigenvalue weighted by molar-refractivity contribution is -0.385. The van der Waals surface area contributed by atoms with Crippen molar-refractivity contribution >= 4 is 17.3 Å². The van der Waals surface area contributed by atoms with Crippen molar-refractivity contribution in [2.24, 2.45) is 0 Å². The highest BCUT2D eigenvalue weighted by atomic mass is 19.1. The minimum atomic E-state index is -0.784. The first-order valence-corrected chi connectivity index (χ1v) is 6.32. The largest absolute Gasteiger partial charge is 0.497 e. The fourth-order valence-corrected chi connectivity index (χ4v) is 1.89. The zero-order chi connectivity index (χ0) is 16.3. The molecular formula is C15H13FN2O4. The number of aryl methyl sites for hydroxylation is 1. The van der Waals surface area contributed by atoms with E-state index in [1.54, 1.807) is 13.0 Å². The molecule has 0 saturated heterocycles. The van der Waals surface area contributed by atoms with Crippen LogP contribution in [0.2, 0.25) is 0 Å². The third kappa shape index (κ3) is 3.20. The molecule has 7 heteroatoms. The number of nitro benzene ring substituents is 1. The van der Waals surface area contributed by atoms with E-state index in [9.17, 15) is 19.3 Å². The van der Waals surface area contributed by atoms with E-state index in [0.717, 1.165) is 0 Å². The van der Waals surface area contributed by atoms with Crippen molar-refractivity contribution in [3.8, 4) is 5.75 Å². The van der Waals surface area contributed by atoms with Gasteiger partial charge in [0, 0.05) is 6.07 Å². The van der Waals surface area contributed by atoms with E-state index in [1.807, 2.05) is 0 Å². The predicted molar refractivity (Wildman–Crippen MR) is 78.7 cm³/mol. The highest BCUT2D eigenvalue weighted by molar-refractivity contribution is 6.07. The second-order valence-corrected chi connectivity index (χ2v) is 4.58. The number of nitrogens with one attached hydrogen (secondary N) is 1. The summed E-state index contributed by atoms with van der Waals surface area (Å²) >= 11 is 0. The van der Waals surface area contributed by atoms with Crippen molar-refractivity contribution in [2.45, 2.75) is 6.92 Å². The van der Waals surface area contributed by atoms with Crippen LogP contribution >= 0.6 is 0 Å². The molecule has 6 nitrogen and oxygen atoms in total. The molecule has 0 fully saturated rings. The van der Waals surface area contributed by atoms with Crippen LogP contribution in [-0.2, 0) is 0 Å². The van der Waals surface area contributed by atoms with Crippen molar-refractivity contribution in [3.05, 3.63) is 63.5 Å². The molecule has 2 rings (SSSR count). The summed E-state index contributed by atoms with van der Waals surface area (Å²) in [6.45, 7) is 1.71. The maximum Gasteiger partial charge on any atom is 0.282 e. The summed E-state index contributed by atoms with van der Waals surface area (Å²) in [4.78, 5) is 22.5. The molecule has 2 aromatic carbocycles. The van der Waals surface area contributed by atoms with E-state index in [-0.39, 0.29) is 16.9 Å². The summed E-state index contributed by atoms with van der Waals surface area (Å²) in [5.74, 6) is -1.10. The molecule has 0 aromatic heterocycles. The van der Waals surface area contributed by atoms with Gasteiger partial charge in [-0.1, -0.05) is 6.07 Å². The normalized spacial score (nSPS) is 10.1. The van der Waals surface area contributed by atoms with Gasteiger partial charge in [0.25, 0.3) is 11.6 Å². The monoisotopic (exact) mass is 304 g/mol. The van der Waals surface area contributed by atoms with Gasteiger partial charge in [-0.15, -0.1) is 0 Å².